The molecule has 0 aromatic carbocycles. The summed E-state index contributed by atoms with van der Waals surface area (Å²) in [6.07, 6.45) is 0.994. The van der Waals surface area contributed by atoms with Gasteiger partial charge in [0.25, 0.3) is 0 Å². The van der Waals surface area contributed by atoms with Gasteiger partial charge in [0, 0.05) is 12.5 Å². The largest absolute Gasteiger partial charge is 0.481 e. The van der Waals surface area contributed by atoms with Gasteiger partial charge < -0.3 is 10.0 Å². The van der Waals surface area contributed by atoms with E-state index in [-0.39, 0.29) is 11.8 Å². The maximum absolute atomic E-state index is 10.3. The van der Waals surface area contributed by atoms with E-state index in [1.54, 1.807) is 0 Å². The van der Waals surface area contributed by atoms with Gasteiger partial charge in [-0.2, -0.15) is 0 Å². The normalized spacial score (nSPS) is 14.4. The first-order chi connectivity index (χ1) is 6.25. The highest BCUT2D eigenvalue weighted by molar-refractivity contribution is 5.66. The Balaban J connectivity index is 3.84. The number of hydrogen-bond donors (Lipinski definition) is 1. The predicted octanol–water partition coefficient (Wildman–Crippen LogP) is 2.22. The standard InChI is InChI=1S/C11H23NO2/c1-9(11(2,3)4)12(5)8-6-7-10(13)14/h9H,6-8H2,1-5H3,(H,13,14). The Kier molecular flexibility index (Phi) is 5.13. The molecule has 0 saturated carbocycles. The van der Waals surface area contributed by atoms with E-state index in [2.05, 4.69) is 39.6 Å². The Labute approximate surface area is 87.1 Å². The SMILES string of the molecule is CC(N(C)CCCC(=O)O)C(C)(C)C. The second-order valence-electron chi connectivity index (χ2n) is 5.02. The van der Waals surface area contributed by atoms with Gasteiger partial charge in [-0.15, -0.1) is 0 Å². The lowest BCUT2D eigenvalue weighted by molar-refractivity contribution is -0.137. The minimum absolute atomic E-state index is 0.248. The van der Waals surface area contributed by atoms with Crippen molar-refractivity contribution in [1.82, 2.24) is 4.90 Å². The first kappa shape index (κ1) is 13.4. The Bertz CT molecular complexity index is 184. The maximum atomic E-state index is 10.3. The Hall–Kier alpha value is -0.570. The van der Waals surface area contributed by atoms with Crippen LogP contribution in [0, 0.1) is 5.41 Å². The van der Waals surface area contributed by atoms with Crippen LogP contribution in [0.2, 0.25) is 0 Å². The third kappa shape index (κ3) is 5.22. The fourth-order valence-corrected chi connectivity index (χ4v) is 1.33. The van der Waals surface area contributed by atoms with Crippen LogP contribution in [0.4, 0.5) is 0 Å². The van der Waals surface area contributed by atoms with Crippen molar-refractivity contribution in [3.8, 4) is 0 Å². The Morgan fingerprint density at radius 2 is 1.93 bits per heavy atom. The first-order valence-corrected chi connectivity index (χ1v) is 5.17. The van der Waals surface area contributed by atoms with E-state index in [4.69, 9.17) is 5.11 Å². The van der Waals surface area contributed by atoms with Crippen molar-refractivity contribution < 1.29 is 9.90 Å². The van der Waals surface area contributed by atoms with Crippen molar-refractivity contribution in [3.05, 3.63) is 0 Å². The van der Waals surface area contributed by atoms with Crippen molar-refractivity contribution in [2.24, 2.45) is 5.41 Å². The summed E-state index contributed by atoms with van der Waals surface area (Å²) >= 11 is 0. The van der Waals surface area contributed by atoms with Gasteiger partial charge in [0.05, 0.1) is 0 Å². The van der Waals surface area contributed by atoms with E-state index < -0.39 is 5.97 Å². The van der Waals surface area contributed by atoms with Crippen LogP contribution < -0.4 is 0 Å². The second kappa shape index (κ2) is 5.35. The smallest absolute Gasteiger partial charge is 0.303 e. The molecule has 0 radical (unpaired) electrons. The van der Waals surface area contributed by atoms with Gasteiger partial charge in [-0.25, -0.2) is 0 Å². The van der Waals surface area contributed by atoms with E-state index in [1.165, 1.54) is 0 Å². The summed E-state index contributed by atoms with van der Waals surface area (Å²) < 4.78 is 0. The lowest BCUT2D eigenvalue weighted by Crippen LogP contribution is -2.39. The van der Waals surface area contributed by atoms with E-state index in [0.717, 1.165) is 13.0 Å². The summed E-state index contributed by atoms with van der Waals surface area (Å²) in [6, 6.07) is 0.469. The first-order valence-electron chi connectivity index (χ1n) is 5.17. The van der Waals surface area contributed by atoms with Gasteiger partial charge in [-0.1, -0.05) is 20.8 Å². The van der Waals surface area contributed by atoms with E-state index in [1.807, 2.05) is 0 Å². The molecule has 0 heterocycles. The zero-order valence-corrected chi connectivity index (χ0v) is 10.0. The number of carbonyl (C=O) groups is 1. The topological polar surface area (TPSA) is 40.5 Å². The van der Waals surface area contributed by atoms with E-state index >= 15 is 0 Å². The van der Waals surface area contributed by atoms with Gasteiger partial charge in [-0.3, -0.25) is 4.79 Å². The van der Waals surface area contributed by atoms with Gasteiger partial charge >= 0.3 is 5.97 Å². The van der Waals surface area contributed by atoms with Crippen LogP contribution in [0.1, 0.15) is 40.5 Å². The fraction of sp³-hybridized carbons (Fsp3) is 0.909. The van der Waals surface area contributed by atoms with Crippen LogP contribution >= 0.6 is 0 Å². The van der Waals surface area contributed by atoms with E-state index in [9.17, 15) is 4.79 Å². The zero-order valence-electron chi connectivity index (χ0n) is 10.0. The quantitative estimate of drug-likeness (QED) is 0.741. The minimum Gasteiger partial charge on any atom is -0.481 e. The summed E-state index contributed by atoms with van der Waals surface area (Å²) in [5.74, 6) is -0.707. The monoisotopic (exact) mass is 201 g/mol. The van der Waals surface area contributed by atoms with Gasteiger partial charge in [-0.05, 0) is 32.4 Å². The average Bonchev–Trinajstić information content (AvgIpc) is 2.00. The molecule has 0 amide bonds. The molecule has 0 bridgehead atoms. The molecule has 0 fully saturated rings. The number of carboxylic acids is 1. The fourth-order valence-electron chi connectivity index (χ4n) is 1.33. The van der Waals surface area contributed by atoms with Gasteiger partial charge in [0.2, 0.25) is 0 Å². The van der Waals surface area contributed by atoms with Crippen molar-refractivity contribution in [3.63, 3.8) is 0 Å². The van der Waals surface area contributed by atoms with Crippen LogP contribution in [-0.4, -0.2) is 35.6 Å². The third-order valence-electron chi connectivity index (χ3n) is 2.82. The molecule has 14 heavy (non-hydrogen) atoms. The highest BCUT2D eigenvalue weighted by Gasteiger charge is 2.23. The molecule has 0 spiro atoms. The lowest BCUT2D eigenvalue weighted by Gasteiger charge is -2.35. The number of nitrogens with zero attached hydrogens (tertiary/aromatic N) is 1. The number of carboxylic acid groups (broad SMARTS) is 1. The number of hydrogen-bond acceptors (Lipinski definition) is 2. The number of aliphatic carboxylic acids is 1. The molecule has 1 unspecified atom stereocenters. The molecule has 0 aliphatic rings. The average molecular weight is 201 g/mol. The zero-order chi connectivity index (χ0) is 11.4. The molecule has 3 nitrogen and oxygen atoms in total. The molecule has 0 saturated heterocycles. The Morgan fingerprint density at radius 3 is 2.29 bits per heavy atom. The molecule has 0 aliphatic heterocycles. The molecule has 84 valence electrons. The highest BCUT2D eigenvalue weighted by Crippen LogP contribution is 2.22. The van der Waals surface area contributed by atoms with Crippen LogP contribution in [0.25, 0.3) is 0 Å². The second-order valence-corrected chi connectivity index (χ2v) is 5.02. The van der Waals surface area contributed by atoms with Crippen molar-refractivity contribution in [2.75, 3.05) is 13.6 Å². The van der Waals surface area contributed by atoms with Gasteiger partial charge in [0.15, 0.2) is 0 Å². The minimum atomic E-state index is -0.707. The third-order valence-corrected chi connectivity index (χ3v) is 2.82. The molecule has 1 N–H and O–H groups in total. The van der Waals surface area contributed by atoms with Crippen LogP contribution in [-0.2, 0) is 4.79 Å². The highest BCUT2D eigenvalue weighted by atomic mass is 16.4. The lowest BCUT2D eigenvalue weighted by atomic mass is 9.87. The molecule has 1 atom stereocenters. The van der Waals surface area contributed by atoms with Crippen LogP contribution in [0.5, 0.6) is 0 Å². The molecule has 0 aromatic rings. The molecular formula is C11H23NO2. The van der Waals surface area contributed by atoms with Crippen molar-refractivity contribution in [1.29, 1.82) is 0 Å². The molecule has 3 heteroatoms. The van der Waals surface area contributed by atoms with E-state index in [0.29, 0.717) is 6.04 Å². The van der Waals surface area contributed by atoms with Crippen molar-refractivity contribution in [2.45, 2.75) is 46.6 Å². The molecule has 0 rings (SSSR count). The Morgan fingerprint density at radius 1 is 1.43 bits per heavy atom. The summed E-state index contributed by atoms with van der Waals surface area (Å²) in [7, 11) is 2.05. The molecular weight excluding hydrogens is 178 g/mol. The maximum Gasteiger partial charge on any atom is 0.303 e. The number of rotatable bonds is 5. The molecule has 0 aliphatic carbocycles. The van der Waals surface area contributed by atoms with Crippen molar-refractivity contribution >= 4 is 5.97 Å². The summed E-state index contributed by atoms with van der Waals surface area (Å²) in [5.41, 5.74) is 0.248. The van der Waals surface area contributed by atoms with Crippen LogP contribution in [0.15, 0.2) is 0 Å². The predicted molar refractivity (Wildman–Crippen MR) is 58.4 cm³/mol. The summed E-state index contributed by atoms with van der Waals surface area (Å²) in [4.78, 5) is 12.6. The van der Waals surface area contributed by atoms with Crippen LogP contribution in [0.3, 0.4) is 0 Å². The molecule has 0 aromatic heterocycles. The summed E-state index contributed by atoms with van der Waals surface area (Å²) in [6.45, 7) is 9.63. The van der Waals surface area contributed by atoms with Gasteiger partial charge in [0.1, 0.15) is 0 Å². The summed E-state index contributed by atoms with van der Waals surface area (Å²) in [5, 5.41) is 8.51.